The van der Waals surface area contributed by atoms with E-state index in [0.717, 1.165) is 25.3 Å². The van der Waals surface area contributed by atoms with E-state index in [1.807, 2.05) is 11.6 Å². The van der Waals surface area contributed by atoms with Crippen molar-refractivity contribution in [3.05, 3.63) is 16.4 Å². The largest absolute Gasteiger partial charge is 0.295 e. The number of carbonyl (C=O) groups excluding carboxylic acids is 1. The number of aryl methyl sites for hydroxylation is 1. The van der Waals surface area contributed by atoms with E-state index in [-0.39, 0.29) is 5.78 Å². The Bertz CT molecular complexity index is 426. The summed E-state index contributed by atoms with van der Waals surface area (Å²) in [5.41, 5.74) is 1.31. The molecule has 0 atom stereocenters. The van der Waals surface area contributed by atoms with Crippen LogP contribution in [0, 0.1) is 0 Å². The minimum Gasteiger partial charge on any atom is -0.295 e. The van der Waals surface area contributed by atoms with Gasteiger partial charge < -0.3 is 0 Å². The molecule has 0 aliphatic rings. The molecular weight excluding hydrogens is 250 g/mol. The Morgan fingerprint density at radius 1 is 1.44 bits per heavy atom. The lowest BCUT2D eigenvalue weighted by atomic mass is 10.2. The normalized spacial score (nSPS) is 11.6. The van der Waals surface area contributed by atoms with E-state index in [9.17, 15) is 4.79 Å². The summed E-state index contributed by atoms with van der Waals surface area (Å²) in [5.74, 6) is -0.0824. The molecule has 0 radical (unpaired) electrons. The molecule has 0 spiro atoms. The summed E-state index contributed by atoms with van der Waals surface area (Å²) in [6, 6.07) is 0.437. The summed E-state index contributed by atoms with van der Waals surface area (Å²) < 4.78 is 1.82. The van der Waals surface area contributed by atoms with Gasteiger partial charge in [-0.3, -0.25) is 14.4 Å². The summed E-state index contributed by atoms with van der Waals surface area (Å²) in [5, 5.41) is 4.79. The average molecular weight is 272 g/mol. The van der Waals surface area contributed by atoms with Crippen LogP contribution in [0.15, 0.2) is 0 Å². The van der Waals surface area contributed by atoms with E-state index >= 15 is 0 Å². The molecule has 0 N–H and O–H groups in total. The lowest BCUT2D eigenvalue weighted by Crippen LogP contribution is -2.31. The minimum absolute atomic E-state index is 0.0824. The van der Waals surface area contributed by atoms with Crippen LogP contribution in [0.3, 0.4) is 0 Å². The fraction of sp³-hybridized carbons (Fsp3) is 0.692. The van der Waals surface area contributed by atoms with Gasteiger partial charge in [0.2, 0.25) is 0 Å². The average Bonchev–Trinajstić information content (AvgIpc) is 2.62. The predicted octanol–water partition coefficient (Wildman–Crippen LogP) is 2.99. The van der Waals surface area contributed by atoms with Crippen molar-refractivity contribution in [3.8, 4) is 0 Å². The maximum Gasteiger partial charge on any atom is 0.181 e. The Kier molecular flexibility index (Phi) is 5.35. The standard InChI is InChI=1S/C13H22ClN3O/c1-6-16(9(3)4)8-11-12(14)13(10(5)18)15-17(11)7-2/h9H,6-8H2,1-5H3. The van der Waals surface area contributed by atoms with E-state index in [0.29, 0.717) is 16.8 Å². The first-order valence-corrected chi connectivity index (χ1v) is 6.80. The quantitative estimate of drug-likeness (QED) is 0.747. The Hall–Kier alpha value is -0.870. The van der Waals surface area contributed by atoms with Crippen molar-refractivity contribution in [3.63, 3.8) is 0 Å². The van der Waals surface area contributed by atoms with Crippen molar-refractivity contribution in [2.75, 3.05) is 6.54 Å². The third-order valence-corrected chi connectivity index (χ3v) is 3.51. The van der Waals surface area contributed by atoms with Gasteiger partial charge >= 0.3 is 0 Å². The Morgan fingerprint density at radius 3 is 2.44 bits per heavy atom. The molecule has 0 aliphatic carbocycles. The van der Waals surface area contributed by atoms with Crippen LogP contribution in [-0.4, -0.2) is 33.1 Å². The fourth-order valence-corrected chi connectivity index (χ4v) is 2.29. The number of Topliss-reactive ketones (excluding diaryl/α,β-unsaturated/α-hetero) is 1. The highest BCUT2D eigenvalue weighted by atomic mass is 35.5. The van der Waals surface area contributed by atoms with Gasteiger partial charge in [-0.1, -0.05) is 18.5 Å². The predicted molar refractivity (Wildman–Crippen MR) is 74.1 cm³/mol. The number of aromatic nitrogens is 2. The first kappa shape index (κ1) is 15.2. The van der Waals surface area contributed by atoms with Crippen LogP contribution in [0.2, 0.25) is 5.02 Å². The molecule has 0 saturated carbocycles. The Labute approximate surface area is 114 Å². The fourth-order valence-electron chi connectivity index (χ4n) is 1.96. The molecule has 1 heterocycles. The first-order valence-electron chi connectivity index (χ1n) is 6.42. The van der Waals surface area contributed by atoms with Crippen molar-refractivity contribution in [1.29, 1.82) is 0 Å². The number of rotatable bonds is 6. The van der Waals surface area contributed by atoms with Crippen molar-refractivity contribution in [1.82, 2.24) is 14.7 Å². The summed E-state index contributed by atoms with van der Waals surface area (Å²) in [7, 11) is 0. The SMILES string of the molecule is CCN(Cc1c(Cl)c(C(C)=O)nn1CC)C(C)C. The highest BCUT2D eigenvalue weighted by Gasteiger charge is 2.20. The molecule has 4 nitrogen and oxygen atoms in total. The molecule has 0 unspecified atom stereocenters. The molecule has 0 amide bonds. The highest BCUT2D eigenvalue weighted by molar-refractivity contribution is 6.34. The van der Waals surface area contributed by atoms with E-state index in [2.05, 4.69) is 30.8 Å². The topological polar surface area (TPSA) is 38.1 Å². The molecule has 0 aromatic carbocycles. The molecule has 0 saturated heterocycles. The maximum absolute atomic E-state index is 11.5. The zero-order valence-corrected chi connectivity index (χ0v) is 12.6. The van der Waals surface area contributed by atoms with Crippen LogP contribution < -0.4 is 0 Å². The lowest BCUT2D eigenvalue weighted by Gasteiger charge is -2.25. The molecule has 102 valence electrons. The van der Waals surface area contributed by atoms with Gasteiger partial charge in [-0.15, -0.1) is 0 Å². The minimum atomic E-state index is -0.0824. The van der Waals surface area contributed by atoms with Crippen molar-refractivity contribution < 1.29 is 4.79 Å². The number of ketones is 1. The Balaban J connectivity index is 3.10. The summed E-state index contributed by atoms with van der Waals surface area (Å²) in [4.78, 5) is 13.8. The molecule has 0 aliphatic heterocycles. The van der Waals surface area contributed by atoms with Gasteiger partial charge in [0, 0.05) is 26.1 Å². The van der Waals surface area contributed by atoms with Crippen LogP contribution in [-0.2, 0) is 13.1 Å². The van der Waals surface area contributed by atoms with E-state index in [1.54, 1.807) is 0 Å². The second-order valence-corrected chi connectivity index (χ2v) is 5.02. The molecule has 1 rings (SSSR count). The molecule has 18 heavy (non-hydrogen) atoms. The van der Waals surface area contributed by atoms with Crippen molar-refractivity contribution in [2.45, 2.75) is 53.8 Å². The van der Waals surface area contributed by atoms with E-state index in [4.69, 9.17) is 11.6 Å². The third kappa shape index (κ3) is 3.12. The van der Waals surface area contributed by atoms with Crippen LogP contribution in [0.1, 0.15) is 50.8 Å². The smallest absolute Gasteiger partial charge is 0.181 e. The van der Waals surface area contributed by atoms with Gasteiger partial charge in [-0.25, -0.2) is 0 Å². The number of nitrogens with zero attached hydrogens (tertiary/aromatic N) is 3. The Morgan fingerprint density at radius 2 is 2.06 bits per heavy atom. The van der Waals surface area contributed by atoms with Gasteiger partial charge in [0.05, 0.1) is 10.7 Å². The van der Waals surface area contributed by atoms with Gasteiger partial charge in [-0.05, 0) is 27.3 Å². The molecule has 0 fully saturated rings. The second kappa shape index (κ2) is 6.34. The summed E-state index contributed by atoms with van der Waals surface area (Å²) in [6.45, 7) is 12.3. The number of halogens is 1. The third-order valence-electron chi connectivity index (χ3n) is 3.12. The maximum atomic E-state index is 11.5. The summed E-state index contributed by atoms with van der Waals surface area (Å²) in [6.07, 6.45) is 0. The number of hydrogen-bond donors (Lipinski definition) is 0. The van der Waals surface area contributed by atoms with Crippen LogP contribution in [0.5, 0.6) is 0 Å². The molecule has 5 heteroatoms. The monoisotopic (exact) mass is 271 g/mol. The van der Waals surface area contributed by atoms with Crippen molar-refractivity contribution in [2.24, 2.45) is 0 Å². The zero-order valence-electron chi connectivity index (χ0n) is 11.8. The van der Waals surface area contributed by atoms with E-state index in [1.165, 1.54) is 6.92 Å². The lowest BCUT2D eigenvalue weighted by molar-refractivity contribution is 0.101. The van der Waals surface area contributed by atoms with Gasteiger partial charge in [0.25, 0.3) is 0 Å². The second-order valence-electron chi connectivity index (χ2n) is 4.64. The van der Waals surface area contributed by atoms with Crippen LogP contribution in [0.25, 0.3) is 0 Å². The number of carbonyl (C=O) groups is 1. The van der Waals surface area contributed by atoms with Crippen LogP contribution in [0.4, 0.5) is 0 Å². The number of hydrogen-bond acceptors (Lipinski definition) is 3. The molecule has 1 aromatic rings. The van der Waals surface area contributed by atoms with E-state index < -0.39 is 0 Å². The molecule has 0 bridgehead atoms. The van der Waals surface area contributed by atoms with Gasteiger partial charge in [0.1, 0.15) is 5.69 Å². The van der Waals surface area contributed by atoms with Gasteiger partial charge in [-0.2, -0.15) is 5.10 Å². The first-order chi connectivity index (χ1) is 8.42. The zero-order chi connectivity index (χ0) is 13.9. The summed E-state index contributed by atoms with van der Waals surface area (Å²) >= 11 is 6.28. The highest BCUT2D eigenvalue weighted by Crippen LogP contribution is 2.23. The van der Waals surface area contributed by atoms with Crippen molar-refractivity contribution >= 4 is 17.4 Å². The molecule has 1 aromatic heterocycles. The van der Waals surface area contributed by atoms with Gasteiger partial charge in [0.15, 0.2) is 5.78 Å². The van der Waals surface area contributed by atoms with Crippen LogP contribution >= 0.6 is 11.6 Å². The molecular formula is C13H22ClN3O.